The topological polar surface area (TPSA) is 38.9 Å². The third-order valence-electron chi connectivity index (χ3n) is 2.73. The molecule has 0 N–H and O–H groups in total. The highest BCUT2D eigenvalue weighted by Gasteiger charge is 2.15. The van der Waals surface area contributed by atoms with Crippen LogP contribution < -0.4 is 0 Å². The van der Waals surface area contributed by atoms with Crippen molar-refractivity contribution in [2.45, 2.75) is 0 Å². The summed E-state index contributed by atoms with van der Waals surface area (Å²) >= 11 is 18.3. The Morgan fingerprint density at radius 1 is 0.800 bits per heavy atom. The van der Waals surface area contributed by atoms with Gasteiger partial charge in [-0.25, -0.2) is 9.97 Å². The van der Waals surface area contributed by atoms with Crippen LogP contribution in [0.4, 0.5) is 0 Å². The van der Waals surface area contributed by atoms with Crippen LogP contribution in [0.5, 0.6) is 0 Å². The van der Waals surface area contributed by atoms with Crippen molar-refractivity contribution >= 4 is 34.8 Å². The molecule has 0 aliphatic rings. The molecule has 3 nitrogen and oxygen atoms in total. The van der Waals surface area contributed by atoms with E-state index in [0.717, 1.165) is 11.1 Å². The average molecular weight is 326 g/mol. The summed E-state index contributed by atoms with van der Waals surface area (Å²) in [5.74, 6) is 0.423. The van der Waals surface area contributed by atoms with Crippen molar-refractivity contribution < 1.29 is 4.42 Å². The summed E-state index contributed by atoms with van der Waals surface area (Å²) in [6.07, 6.45) is 3.07. The largest absolute Gasteiger partial charge is 0.472 e. The summed E-state index contributed by atoms with van der Waals surface area (Å²) in [5, 5.41) is 1.20. The van der Waals surface area contributed by atoms with Gasteiger partial charge in [-0.1, -0.05) is 46.9 Å². The molecule has 0 aliphatic carbocycles. The van der Waals surface area contributed by atoms with Gasteiger partial charge in [0.25, 0.3) is 0 Å². The lowest BCUT2D eigenvalue weighted by molar-refractivity contribution is 0.568. The number of aromatic nitrogens is 2. The van der Waals surface area contributed by atoms with Crippen molar-refractivity contribution in [2.24, 2.45) is 0 Å². The number of furan rings is 1. The van der Waals surface area contributed by atoms with Crippen LogP contribution in [0.15, 0.2) is 47.3 Å². The highest BCUT2D eigenvalue weighted by atomic mass is 35.5. The molecule has 0 unspecified atom stereocenters. The Morgan fingerprint density at radius 2 is 1.45 bits per heavy atom. The number of rotatable bonds is 2. The van der Waals surface area contributed by atoms with Gasteiger partial charge < -0.3 is 4.42 Å². The Kier molecular flexibility index (Phi) is 3.66. The highest BCUT2D eigenvalue weighted by molar-refractivity contribution is 6.38. The zero-order valence-corrected chi connectivity index (χ0v) is 12.2. The lowest BCUT2D eigenvalue weighted by Gasteiger charge is -2.07. The molecule has 6 heteroatoms. The van der Waals surface area contributed by atoms with Gasteiger partial charge in [-0.3, -0.25) is 0 Å². The second-order valence-electron chi connectivity index (χ2n) is 4.02. The van der Waals surface area contributed by atoms with Crippen LogP contribution >= 0.6 is 34.8 Å². The Balaban J connectivity index is 2.11. The van der Waals surface area contributed by atoms with E-state index in [9.17, 15) is 0 Å². The first-order valence-corrected chi connectivity index (χ1v) is 6.80. The van der Waals surface area contributed by atoms with Crippen LogP contribution in [0.2, 0.25) is 15.3 Å². The third-order valence-corrected chi connectivity index (χ3v) is 3.53. The lowest BCUT2D eigenvalue weighted by Crippen LogP contribution is -1.93. The van der Waals surface area contributed by atoms with Crippen LogP contribution in [0.3, 0.4) is 0 Å². The van der Waals surface area contributed by atoms with Crippen LogP contribution in [0.1, 0.15) is 0 Å². The van der Waals surface area contributed by atoms with Gasteiger partial charge in [0, 0.05) is 5.02 Å². The SMILES string of the molecule is Clc1ccc(-c2c(Cl)nc(-c3ccoc3)nc2Cl)cc1. The van der Waals surface area contributed by atoms with Crippen molar-refractivity contribution in [3.05, 3.63) is 58.2 Å². The highest BCUT2D eigenvalue weighted by Crippen LogP contribution is 2.34. The van der Waals surface area contributed by atoms with Crippen LogP contribution in [0.25, 0.3) is 22.5 Å². The maximum atomic E-state index is 6.23. The first-order chi connectivity index (χ1) is 9.65. The van der Waals surface area contributed by atoms with Gasteiger partial charge in [-0.15, -0.1) is 0 Å². The molecule has 0 bridgehead atoms. The van der Waals surface area contributed by atoms with Crippen LogP contribution in [0, 0.1) is 0 Å². The van der Waals surface area contributed by atoms with Gasteiger partial charge in [0.2, 0.25) is 0 Å². The van der Waals surface area contributed by atoms with E-state index in [1.165, 1.54) is 12.5 Å². The quantitative estimate of drug-likeness (QED) is 0.595. The second kappa shape index (κ2) is 5.44. The van der Waals surface area contributed by atoms with Gasteiger partial charge in [-0.2, -0.15) is 0 Å². The minimum Gasteiger partial charge on any atom is -0.472 e. The first-order valence-electron chi connectivity index (χ1n) is 5.66. The molecule has 1 aromatic carbocycles. The molecule has 0 saturated carbocycles. The van der Waals surface area contributed by atoms with Crippen LogP contribution in [-0.4, -0.2) is 9.97 Å². The molecule has 0 amide bonds. The predicted molar refractivity (Wildman–Crippen MR) is 80.2 cm³/mol. The lowest BCUT2D eigenvalue weighted by atomic mass is 10.1. The number of hydrogen-bond acceptors (Lipinski definition) is 3. The molecular formula is C14H7Cl3N2O. The summed E-state index contributed by atoms with van der Waals surface area (Å²) < 4.78 is 5.00. The average Bonchev–Trinajstić information content (AvgIpc) is 2.94. The van der Waals surface area contributed by atoms with Gasteiger partial charge >= 0.3 is 0 Å². The number of halogens is 3. The van der Waals surface area contributed by atoms with E-state index in [1.807, 2.05) is 12.1 Å². The van der Waals surface area contributed by atoms with Gasteiger partial charge in [0.15, 0.2) is 5.82 Å². The standard InChI is InChI=1S/C14H7Cl3N2O/c15-10-3-1-8(2-4-10)11-12(16)18-14(19-13(11)17)9-5-6-20-7-9/h1-7H. The summed E-state index contributed by atoms with van der Waals surface area (Å²) in [7, 11) is 0. The molecule has 2 aromatic heterocycles. The molecule has 3 rings (SSSR count). The zero-order chi connectivity index (χ0) is 14.1. The van der Waals surface area contributed by atoms with Crippen molar-refractivity contribution in [3.63, 3.8) is 0 Å². The zero-order valence-electron chi connectivity index (χ0n) is 9.98. The smallest absolute Gasteiger partial charge is 0.165 e. The van der Waals surface area contributed by atoms with E-state index in [-0.39, 0.29) is 10.3 Å². The third kappa shape index (κ3) is 2.52. The van der Waals surface area contributed by atoms with Gasteiger partial charge in [0.1, 0.15) is 16.6 Å². The Bertz CT molecular complexity index is 717. The Morgan fingerprint density at radius 3 is 2.00 bits per heavy atom. The summed E-state index contributed by atoms with van der Waals surface area (Å²) in [6.45, 7) is 0. The molecule has 0 atom stereocenters. The molecule has 0 saturated heterocycles. The van der Waals surface area contributed by atoms with Gasteiger partial charge in [0.05, 0.1) is 17.4 Å². The van der Waals surface area contributed by atoms with Crippen molar-refractivity contribution in [2.75, 3.05) is 0 Å². The first kappa shape index (κ1) is 13.4. The van der Waals surface area contributed by atoms with E-state index in [2.05, 4.69) is 9.97 Å². The predicted octanol–water partition coefficient (Wildman–Crippen LogP) is 5.36. The second-order valence-corrected chi connectivity index (χ2v) is 5.18. The molecule has 0 aliphatic heterocycles. The summed E-state index contributed by atoms with van der Waals surface area (Å²) in [5.41, 5.74) is 2.11. The summed E-state index contributed by atoms with van der Waals surface area (Å²) in [4.78, 5) is 8.50. The Labute approximate surface area is 130 Å². The maximum Gasteiger partial charge on any atom is 0.165 e. The molecular weight excluding hydrogens is 319 g/mol. The minimum absolute atomic E-state index is 0.281. The molecule has 0 spiro atoms. The maximum absolute atomic E-state index is 6.23. The fraction of sp³-hybridized carbons (Fsp3) is 0. The number of nitrogens with zero attached hydrogens (tertiary/aromatic N) is 2. The molecule has 3 aromatic rings. The molecule has 2 heterocycles. The van der Waals surface area contributed by atoms with E-state index >= 15 is 0 Å². The molecule has 0 radical (unpaired) electrons. The normalized spacial score (nSPS) is 10.8. The van der Waals surface area contributed by atoms with Crippen molar-refractivity contribution in [1.82, 2.24) is 9.97 Å². The molecule has 100 valence electrons. The van der Waals surface area contributed by atoms with E-state index < -0.39 is 0 Å². The van der Waals surface area contributed by atoms with Crippen molar-refractivity contribution in [1.29, 1.82) is 0 Å². The fourth-order valence-electron chi connectivity index (χ4n) is 1.78. The van der Waals surface area contributed by atoms with Crippen LogP contribution in [-0.2, 0) is 0 Å². The Hall–Kier alpha value is -1.55. The number of hydrogen-bond donors (Lipinski definition) is 0. The minimum atomic E-state index is 0.281. The monoisotopic (exact) mass is 324 g/mol. The van der Waals surface area contributed by atoms with E-state index in [4.69, 9.17) is 39.2 Å². The van der Waals surface area contributed by atoms with E-state index in [1.54, 1.807) is 18.2 Å². The molecule has 20 heavy (non-hydrogen) atoms. The van der Waals surface area contributed by atoms with E-state index in [0.29, 0.717) is 16.4 Å². The number of benzene rings is 1. The molecule has 0 fully saturated rings. The summed E-state index contributed by atoms with van der Waals surface area (Å²) in [6, 6.07) is 8.89. The van der Waals surface area contributed by atoms with Crippen molar-refractivity contribution in [3.8, 4) is 22.5 Å². The van der Waals surface area contributed by atoms with Gasteiger partial charge in [-0.05, 0) is 23.8 Å². The fourth-order valence-corrected chi connectivity index (χ4v) is 2.52.